The Hall–Kier alpha value is -2.85. The summed E-state index contributed by atoms with van der Waals surface area (Å²) in [5, 5.41) is 10.8. The van der Waals surface area contributed by atoms with Gasteiger partial charge in [0.05, 0.1) is 19.5 Å². The Morgan fingerprint density at radius 3 is 2.62 bits per heavy atom. The number of methoxy groups -OCH3 is 1. The topological polar surface area (TPSA) is 95.3 Å². The normalized spacial score (nSPS) is 10.8. The lowest BCUT2D eigenvalue weighted by Gasteiger charge is -2.10. The molecule has 32 heavy (non-hydrogen) atoms. The van der Waals surface area contributed by atoms with Crippen molar-refractivity contribution in [3.8, 4) is 5.75 Å². The molecule has 2 aromatic heterocycles. The quantitative estimate of drug-likeness (QED) is 0.257. The number of hydrogen-bond donors (Lipinski definition) is 1. The van der Waals surface area contributed by atoms with Gasteiger partial charge in [-0.15, -0.1) is 10.2 Å². The number of hydrogen-bond acceptors (Lipinski definition) is 8. The van der Waals surface area contributed by atoms with E-state index in [2.05, 4.69) is 32.2 Å². The van der Waals surface area contributed by atoms with Crippen LogP contribution in [0, 0.1) is 13.8 Å². The molecule has 0 saturated carbocycles. The molecule has 1 aromatic carbocycles. The molecule has 0 aliphatic rings. The van der Waals surface area contributed by atoms with Crippen LogP contribution >= 0.6 is 23.1 Å². The molecule has 3 aromatic rings. The molecule has 0 aliphatic heterocycles. The lowest BCUT2D eigenvalue weighted by Crippen LogP contribution is -2.12. The zero-order chi connectivity index (χ0) is 23.1. The van der Waals surface area contributed by atoms with Gasteiger partial charge in [-0.05, 0) is 51.0 Å². The van der Waals surface area contributed by atoms with E-state index in [1.54, 1.807) is 14.0 Å². The van der Waals surface area contributed by atoms with E-state index >= 15 is 0 Å². The molecule has 0 radical (unpaired) electrons. The molecule has 0 unspecified atom stereocenters. The lowest BCUT2D eigenvalue weighted by molar-refractivity contribution is 0.102. The van der Waals surface area contributed by atoms with Gasteiger partial charge in [0.1, 0.15) is 5.75 Å². The van der Waals surface area contributed by atoms with Crippen LogP contribution in [0.25, 0.3) is 0 Å². The van der Waals surface area contributed by atoms with Crippen molar-refractivity contribution in [3.63, 3.8) is 0 Å². The van der Waals surface area contributed by atoms with Crippen LogP contribution in [0.3, 0.4) is 0 Å². The SMILES string of the molecule is CCOC(=O)Nc1nnc(SCC(=O)c2cc(C)n(CCc3ccc(OC)cc3)c2C)s1. The Balaban J connectivity index is 1.58. The summed E-state index contributed by atoms with van der Waals surface area (Å²) in [7, 11) is 1.66. The van der Waals surface area contributed by atoms with Gasteiger partial charge in [0.15, 0.2) is 10.1 Å². The Labute approximate surface area is 195 Å². The summed E-state index contributed by atoms with van der Waals surface area (Å²) >= 11 is 2.51. The molecule has 8 nitrogen and oxygen atoms in total. The van der Waals surface area contributed by atoms with E-state index in [0.29, 0.717) is 9.47 Å². The molecule has 10 heteroatoms. The fraction of sp³-hybridized carbons (Fsp3) is 0.364. The minimum atomic E-state index is -0.571. The zero-order valence-electron chi connectivity index (χ0n) is 18.5. The second-order valence-corrected chi connectivity index (χ2v) is 9.16. The Morgan fingerprint density at radius 1 is 1.19 bits per heavy atom. The summed E-state index contributed by atoms with van der Waals surface area (Å²) in [5.41, 5.74) is 3.95. The average Bonchev–Trinajstić information content (AvgIpc) is 3.34. The molecule has 0 saturated heterocycles. The molecule has 0 aliphatic carbocycles. The van der Waals surface area contributed by atoms with Crippen molar-refractivity contribution in [2.75, 3.05) is 24.8 Å². The number of Topliss-reactive ketones (excluding diaryl/α,β-unsaturated/α-hetero) is 1. The first-order valence-electron chi connectivity index (χ1n) is 10.1. The number of aromatic nitrogens is 3. The number of ketones is 1. The molecular weight excluding hydrogens is 448 g/mol. The van der Waals surface area contributed by atoms with E-state index < -0.39 is 6.09 Å². The van der Waals surface area contributed by atoms with E-state index in [-0.39, 0.29) is 18.1 Å². The summed E-state index contributed by atoms with van der Waals surface area (Å²) in [4.78, 5) is 24.3. The molecular formula is C22H26N4O4S2. The van der Waals surface area contributed by atoms with Crippen molar-refractivity contribution in [1.82, 2.24) is 14.8 Å². The smallest absolute Gasteiger partial charge is 0.413 e. The molecule has 170 valence electrons. The zero-order valence-corrected chi connectivity index (χ0v) is 20.1. The maximum Gasteiger partial charge on any atom is 0.413 e. The van der Waals surface area contributed by atoms with Gasteiger partial charge >= 0.3 is 6.09 Å². The van der Waals surface area contributed by atoms with Crippen molar-refractivity contribution < 1.29 is 19.1 Å². The summed E-state index contributed by atoms with van der Waals surface area (Å²) in [5.74, 6) is 1.12. The number of nitrogens with one attached hydrogen (secondary N) is 1. The molecule has 3 rings (SSSR count). The van der Waals surface area contributed by atoms with Crippen LogP contribution < -0.4 is 10.1 Å². The largest absolute Gasteiger partial charge is 0.497 e. The number of rotatable bonds is 10. The first-order chi connectivity index (χ1) is 15.4. The minimum Gasteiger partial charge on any atom is -0.497 e. The fourth-order valence-corrected chi connectivity index (χ4v) is 4.86. The third kappa shape index (κ3) is 6.10. The predicted octanol–water partition coefficient (Wildman–Crippen LogP) is 4.75. The van der Waals surface area contributed by atoms with Crippen LogP contribution in [0.4, 0.5) is 9.93 Å². The number of nitrogens with zero attached hydrogens (tertiary/aromatic N) is 3. The van der Waals surface area contributed by atoms with Crippen LogP contribution in [0.2, 0.25) is 0 Å². The molecule has 2 heterocycles. The number of thioether (sulfide) groups is 1. The van der Waals surface area contributed by atoms with Crippen molar-refractivity contribution in [2.45, 2.75) is 38.1 Å². The highest BCUT2D eigenvalue weighted by Crippen LogP contribution is 2.27. The van der Waals surface area contributed by atoms with Crippen LogP contribution in [0.15, 0.2) is 34.7 Å². The Morgan fingerprint density at radius 2 is 1.94 bits per heavy atom. The van der Waals surface area contributed by atoms with Crippen LogP contribution in [0.1, 0.15) is 34.2 Å². The second-order valence-electron chi connectivity index (χ2n) is 6.96. The monoisotopic (exact) mass is 474 g/mol. The molecule has 1 N–H and O–H groups in total. The van der Waals surface area contributed by atoms with E-state index in [0.717, 1.165) is 35.7 Å². The van der Waals surface area contributed by atoms with Crippen molar-refractivity contribution in [1.29, 1.82) is 0 Å². The van der Waals surface area contributed by atoms with E-state index in [1.165, 1.54) is 28.7 Å². The summed E-state index contributed by atoms with van der Waals surface area (Å²) in [6.45, 7) is 6.79. The molecule has 0 fully saturated rings. The first-order valence-corrected chi connectivity index (χ1v) is 11.9. The minimum absolute atomic E-state index is 0.0360. The number of carbonyl (C=O) groups is 2. The van der Waals surface area contributed by atoms with Crippen LogP contribution in [0.5, 0.6) is 5.75 Å². The van der Waals surface area contributed by atoms with Gasteiger partial charge in [-0.2, -0.15) is 0 Å². The lowest BCUT2D eigenvalue weighted by atomic mass is 10.1. The highest BCUT2D eigenvalue weighted by atomic mass is 32.2. The fourth-order valence-electron chi connectivity index (χ4n) is 3.24. The van der Waals surface area contributed by atoms with Crippen LogP contribution in [-0.4, -0.2) is 46.1 Å². The molecule has 0 bridgehead atoms. The molecule has 0 spiro atoms. The number of anilines is 1. The van der Waals surface area contributed by atoms with Gasteiger partial charge in [-0.3, -0.25) is 10.1 Å². The Kier molecular flexibility index (Phi) is 8.29. The van der Waals surface area contributed by atoms with E-state index in [1.807, 2.05) is 32.0 Å². The second kappa shape index (κ2) is 11.1. The Bertz CT molecular complexity index is 1080. The molecule has 0 atom stereocenters. The third-order valence-corrected chi connectivity index (χ3v) is 6.85. The van der Waals surface area contributed by atoms with Crippen molar-refractivity contribution in [2.24, 2.45) is 0 Å². The van der Waals surface area contributed by atoms with Crippen LogP contribution in [-0.2, 0) is 17.7 Å². The maximum absolute atomic E-state index is 12.8. The van der Waals surface area contributed by atoms with E-state index in [4.69, 9.17) is 9.47 Å². The average molecular weight is 475 g/mol. The van der Waals surface area contributed by atoms with Gasteiger partial charge < -0.3 is 14.0 Å². The van der Waals surface area contributed by atoms with E-state index in [9.17, 15) is 9.59 Å². The number of carbonyl (C=O) groups excluding carboxylic acids is 2. The highest BCUT2D eigenvalue weighted by Gasteiger charge is 2.17. The number of ether oxygens (including phenoxy) is 2. The first kappa shape index (κ1) is 23.8. The standard InChI is InChI=1S/C22H26N4O4S2/c1-5-30-21(28)23-20-24-25-22(32-20)31-13-19(27)18-12-14(2)26(15(18)3)11-10-16-6-8-17(29-4)9-7-16/h6-9,12H,5,10-11,13H2,1-4H3,(H,23,24,28). The van der Waals surface area contributed by atoms with Crippen molar-refractivity contribution >= 4 is 40.1 Å². The third-order valence-electron chi connectivity index (χ3n) is 4.87. The van der Waals surface area contributed by atoms with Gasteiger partial charge in [0.2, 0.25) is 5.13 Å². The number of benzene rings is 1. The maximum atomic E-state index is 12.8. The summed E-state index contributed by atoms with van der Waals surface area (Å²) in [6, 6.07) is 9.97. The van der Waals surface area contributed by atoms with Gasteiger partial charge in [-0.1, -0.05) is 35.2 Å². The number of aryl methyl sites for hydroxylation is 2. The molecule has 1 amide bonds. The van der Waals surface area contributed by atoms with Gasteiger partial charge in [-0.25, -0.2) is 4.79 Å². The predicted molar refractivity (Wildman–Crippen MR) is 126 cm³/mol. The van der Waals surface area contributed by atoms with Gasteiger partial charge in [0.25, 0.3) is 0 Å². The highest BCUT2D eigenvalue weighted by molar-refractivity contribution is 8.01. The van der Waals surface area contributed by atoms with Crippen molar-refractivity contribution in [3.05, 3.63) is 52.8 Å². The summed E-state index contributed by atoms with van der Waals surface area (Å²) < 4.78 is 12.8. The summed E-state index contributed by atoms with van der Waals surface area (Å²) in [6.07, 6.45) is 0.294. The number of amides is 1. The van der Waals surface area contributed by atoms with Gasteiger partial charge in [0, 0.05) is 23.5 Å².